The number of hydrogen-bond acceptors (Lipinski definition) is 5. The highest BCUT2D eigenvalue weighted by atomic mass is 35.5. The largest absolute Gasteiger partial charge is 0.495 e. The van der Waals surface area contributed by atoms with E-state index in [0.29, 0.717) is 21.6 Å². The van der Waals surface area contributed by atoms with E-state index in [1.807, 2.05) is 32.0 Å². The van der Waals surface area contributed by atoms with Gasteiger partial charge in [0.2, 0.25) is 11.8 Å². The van der Waals surface area contributed by atoms with Gasteiger partial charge in [-0.15, -0.1) is 0 Å². The molecule has 1 aliphatic rings. The van der Waals surface area contributed by atoms with E-state index in [2.05, 4.69) is 10.3 Å². The SMILES string of the molecule is COc1ccc(Cl)cc1NC(=O)CC1SC(=Nc2cc(C)ccc2C)N(C)C1=O. The molecule has 2 aromatic rings. The first-order valence-corrected chi connectivity index (χ1v) is 10.3. The van der Waals surface area contributed by atoms with Crippen molar-refractivity contribution in [1.29, 1.82) is 0 Å². The second-order valence-corrected chi connectivity index (χ2v) is 8.39. The maximum absolute atomic E-state index is 12.6. The number of carbonyl (C=O) groups excluding carboxylic acids is 2. The number of ether oxygens (including phenoxy) is 1. The van der Waals surface area contributed by atoms with Gasteiger partial charge >= 0.3 is 0 Å². The Balaban J connectivity index is 1.73. The van der Waals surface area contributed by atoms with Crippen molar-refractivity contribution in [3.8, 4) is 5.75 Å². The molecule has 1 fully saturated rings. The molecule has 2 aromatic carbocycles. The molecule has 1 heterocycles. The summed E-state index contributed by atoms with van der Waals surface area (Å²) in [7, 11) is 3.19. The fourth-order valence-electron chi connectivity index (χ4n) is 2.89. The molecular weight excluding hydrogens is 410 g/mol. The normalized spacial score (nSPS) is 17.7. The quantitative estimate of drug-likeness (QED) is 0.753. The van der Waals surface area contributed by atoms with Crippen LogP contribution in [-0.4, -0.2) is 41.3 Å². The van der Waals surface area contributed by atoms with Gasteiger partial charge in [-0.2, -0.15) is 0 Å². The number of aliphatic imine (C=N–C) groups is 1. The number of halogens is 1. The second-order valence-electron chi connectivity index (χ2n) is 6.78. The molecule has 8 heteroatoms. The lowest BCUT2D eigenvalue weighted by atomic mass is 10.1. The predicted octanol–water partition coefficient (Wildman–Crippen LogP) is 4.56. The highest BCUT2D eigenvalue weighted by Gasteiger charge is 2.37. The van der Waals surface area contributed by atoms with E-state index in [1.165, 1.54) is 23.8 Å². The Bertz CT molecular complexity index is 993. The summed E-state index contributed by atoms with van der Waals surface area (Å²) in [6.45, 7) is 3.97. The summed E-state index contributed by atoms with van der Waals surface area (Å²) in [5.41, 5.74) is 3.41. The third-order valence-corrected chi connectivity index (χ3v) is 5.99. The molecule has 6 nitrogen and oxygen atoms in total. The maximum atomic E-state index is 12.6. The van der Waals surface area contributed by atoms with Crippen LogP contribution in [0.1, 0.15) is 17.5 Å². The van der Waals surface area contributed by atoms with Crippen LogP contribution < -0.4 is 10.1 Å². The van der Waals surface area contributed by atoms with Gasteiger partial charge in [-0.3, -0.25) is 14.5 Å². The molecular formula is C21H22ClN3O3S. The Morgan fingerprint density at radius 2 is 2.03 bits per heavy atom. The van der Waals surface area contributed by atoms with E-state index in [0.717, 1.165) is 16.8 Å². The van der Waals surface area contributed by atoms with E-state index in [9.17, 15) is 9.59 Å². The molecule has 152 valence electrons. The molecule has 0 spiro atoms. The molecule has 0 aromatic heterocycles. The maximum Gasteiger partial charge on any atom is 0.242 e. The Kier molecular flexibility index (Phi) is 6.49. The molecule has 0 bridgehead atoms. The summed E-state index contributed by atoms with van der Waals surface area (Å²) >= 11 is 7.30. The average molecular weight is 432 g/mol. The minimum absolute atomic E-state index is 0.0231. The molecule has 1 saturated heterocycles. The van der Waals surface area contributed by atoms with Crippen molar-refractivity contribution >= 4 is 51.7 Å². The average Bonchev–Trinajstić information content (AvgIpc) is 2.92. The van der Waals surface area contributed by atoms with Crippen molar-refractivity contribution in [3.05, 3.63) is 52.5 Å². The van der Waals surface area contributed by atoms with Gasteiger partial charge < -0.3 is 10.1 Å². The van der Waals surface area contributed by atoms with Crippen molar-refractivity contribution in [2.75, 3.05) is 19.5 Å². The summed E-state index contributed by atoms with van der Waals surface area (Å²) in [6, 6.07) is 11.0. The molecule has 29 heavy (non-hydrogen) atoms. The molecule has 2 amide bonds. The number of hydrogen-bond donors (Lipinski definition) is 1. The third kappa shape index (κ3) is 4.92. The lowest BCUT2D eigenvalue weighted by molar-refractivity contribution is -0.127. The molecule has 0 radical (unpaired) electrons. The number of benzene rings is 2. The third-order valence-electron chi connectivity index (χ3n) is 4.53. The Labute approximate surface area is 179 Å². The van der Waals surface area contributed by atoms with Crippen LogP contribution in [0.5, 0.6) is 5.75 Å². The lowest BCUT2D eigenvalue weighted by Crippen LogP contribution is -2.30. The number of amides is 2. The Morgan fingerprint density at radius 3 is 2.76 bits per heavy atom. The molecule has 1 unspecified atom stereocenters. The molecule has 3 rings (SSSR count). The van der Waals surface area contributed by atoms with Crippen molar-refractivity contribution < 1.29 is 14.3 Å². The van der Waals surface area contributed by atoms with E-state index in [4.69, 9.17) is 16.3 Å². The summed E-state index contributed by atoms with van der Waals surface area (Å²) in [6.07, 6.45) is 0.0231. The van der Waals surface area contributed by atoms with Gasteiger partial charge in [-0.25, -0.2) is 4.99 Å². The first-order chi connectivity index (χ1) is 13.8. The van der Waals surface area contributed by atoms with Gasteiger partial charge in [0.1, 0.15) is 11.0 Å². The zero-order chi connectivity index (χ0) is 21.1. The number of amidine groups is 1. The second kappa shape index (κ2) is 8.88. The summed E-state index contributed by atoms with van der Waals surface area (Å²) in [5, 5.41) is 3.31. The van der Waals surface area contributed by atoms with Gasteiger partial charge in [-0.05, 0) is 49.2 Å². The van der Waals surface area contributed by atoms with Crippen LogP contribution in [0.4, 0.5) is 11.4 Å². The number of rotatable bonds is 5. The van der Waals surface area contributed by atoms with Crippen LogP contribution in [0, 0.1) is 13.8 Å². The molecule has 0 aliphatic carbocycles. The van der Waals surface area contributed by atoms with Crippen molar-refractivity contribution in [1.82, 2.24) is 4.90 Å². The zero-order valence-electron chi connectivity index (χ0n) is 16.7. The number of methoxy groups -OCH3 is 1. The fraction of sp³-hybridized carbons (Fsp3) is 0.286. The number of nitrogens with one attached hydrogen (secondary N) is 1. The topological polar surface area (TPSA) is 71.0 Å². The molecule has 1 N–H and O–H groups in total. The smallest absolute Gasteiger partial charge is 0.242 e. The minimum atomic E-state index is -0.533. The van der Waals surface area contributed by atoms with Crippen LogP contribution in [0.15, 0.2) is 41.4 Å². The number of thioether (sulfide) groups is 1. The summed E-state index contributed by atoms with van der Waals surface area (Å²) in [5.74, 6) is 0.0625. The van der Waals surface area contributed by atoms with Crippen LogP contribution in [0.2, 0.25) is 5.02 Å². The Hall–Kier alpha value is -2.51. The van der Waals surface area contributed by atoms with E-state index in [1.54, 1.807) is 25.2 Å². The summed E-state index contributed by atoms with van der Waals surface area (Å²) < 4.78 is 5.24. The van der Waals surface area contributed by atoms with Gasteiger partial charge in [0, 0.05) is 18.5 Å². The predicted molar refractivity (Wildman–Crippen MR) is 118 cm³/mol. The monoisotopic (exact) mass is 431 g/mol. The van der Waals surface area contributed by atoms with Crippen molar-refractivity contribution in [3.63, 3.8) is 0 Å². The molecule has 1 atom stereocenters. The molecule has 1 aliphatic heterocycles. The number of nitrogens with zero attached hydrogens (tertiary/aromatic N) is 2. The Morgan fingerprint density at radius 1 is 1.28 bits per heavy atom. The van der Waals surface area contributed by atoms with Crippen LogP contribution in [0.3, 0.4) is 0 Å². The lowest BCUT2D eigenvalue weighted by Gasteiger charge is -2.12. The summed E-state index contributed by atoms with van der Waals surface area (Å²) in [4.78, 5) is 31.3. The van der Waals surface area contributed by atoms with Gasteiger partial charge in [0.05, 0.1) is 18.5 Å². The zero-order valence-corrected chi connectivity index (χ0v) is 18.2. The fourth-order valence-corrected chi connectivity index (χ4v) is 4.21. The highest BCUT2D eigenvalue weighted by molar-refractivity contribution is 8.15. The number of carbonyl (C=O) groups is 2. The van der Waals surface area contributed by atoms with Gasteiger partial charge in [0.15, 0.2) is 5.17 Å². The van der Waals surface area contributed by atoms with E-state index >= 15 is 0 Å². The van der Waals surface area contributed by atoms with Crippen LogP contribution >= 0.6 is 23.4 Å². The number of anilines is 1. The first kappa shape index (κ1) is 21.2. The highest BCUT2D eigenvalue weighted by Crippen LogP contribution is 2.33. The standard InChI is InChI=1S/C21H22ClN3O3S/c1-12-5-6-13(2)15(9-12)24-21-25(3)20(27)18(29-21)11-19(26)23-16-10-14(22)7-8-17(16)28-4/h5-10,18H,11H2,1-4H3,(H,23,26). The van der Waals surface area contributed by atoms with Crippen LogP contribution in [-0.2, 0) is 9.59 Å². The minimum Gasteiger partial charge on any atom is -0.495 e. The number of aryl methyl sites for hydroxylation is 2. The van der Waals surface area contributed by atoms with Crippen LogP contribution in [0.25, 0.3) is 0 Å². The first-order valence-electron chi connectivity index (χ1n) is 9.02. The van der Waals surface area contributed by atoms with E-state index < -0.39 is 5.25 Å². The van der Waals surface area contributed by atoms with Crippen molar-refractivity contribution in [2.24, 2.45) is 4.99 Å². The molecule has 0 saturated carbocycles. The van der Waals surface area contributed by atoms with Gasteiger partial charge in [-0.1, -0.05) is 35.5 Å². The van der Waals surface area contributed by atoms with Crippen molar-refractivity contribution in [2.45, 2.75) is 25.5 Å². The van der Waals surface area contributed by atoms with E-state index in [-0.39, 0.29) is 18.2 Å². The van der Waals surface area contributed by atoms with Gasteiger partial charge in [0.25, 0.3) is 0 Å².